The van der Waals surface area contributed by atoms with Crippen molar-refractivity contribution in [2.24, 2.45) is 0 Å². The summed E-state index contributed by atoms with van der Waals surface area (Å²) in [5.74, 6) is -0.550. The molecule has 0 aliphatic carbocycles. The zero-order valence-corrected chi connectivity index (χ0v) is 16.2. The summed E-state index contributed by atoms with van der Waals surface area (Å²) in [6.45, 7) is 0. The van der Waals surface area contributed by atoms with E-state index in [1.807, 2.05) is 72.8 Å². The summed E-state index contributed by atoms with van der Waals surface area (Å²) in [7, 11) is 0. The summed E-state index contributed by atoms with van der Waals surface area (Å²) in [4.78, 5) is 25.4. The summed E-state index contributed by atoms with van der Waals surface area (Å²) in [5, 5.41) is 5.70. The van der Waals surface area contributed by atoms with E-state index < -0.39 is 0 Å². The van der Waals surface area contributed by atoms with E-state index in [0.717, 1.165) is 11.1 Å². The van der Waals surface area contributed by atoms with E-state index in [0.29, 0.717) is 22.5 Å². The fourth-order valence-corrected chi connectivity index (χ4v) is 3.15. The van der Waals surface area contributed by atoms with Crippen LogP contribution in [0, 0.1) is 0 Å². The summed E-state index contributed by atoms with van der Waals surface area (Å²) in [6.07, 6.45) is 0. The number of benzene rings is 4. The maximum absolute atomic E-state index is 12.8. The highest BCUT2D eigenvalue weighted by atomic mass is 16.2. The summed E-state index contributed by atoms with van der Waals surface area (Å²) >= 11 is 0. The van der Waals surface area contributed by atoms with E-state index >= 15 is 0 Å². The normalized spacial score (nSPS) is 10.3. The lowest BCUT2D eigenvalue weighted by Crippen LogP contribution is -2.18. The van der Waals surface area contributed by atoms with Crippen molar-refractivity contribution >= 4 is 23.2 Å². The van der Waals surface area contributed by atoms with Crippen LogP contribution in [-0.2, 0) is 0 Å². The first kappa shape index (κ1) is 19.2. The third-order valence-electron chi connectivity index (χ3n) is 4.71. The molecule has 0 saturated carbocycles. The smallest absolute Gasteiger partial charge is 0.257 e. The zero-order chi connectivity index (χ0) is 20.8. The van der Waals surface area contributed by atoms with E-state index in [-0.39, 0.29) is 11.8 Å². The van der Waals surface area contributed by atoms with Crippen molar-refractivity contribution in [3.05, 3.63) is 120 Å². The van der Waals surface area contributed by atoms with Crippen LogP contribution in [-0.4, -0.2) is 11.8 Å². The van der Waals surface area contributed by atoms with Crippen LogP contribution in [0.2, 0.25) is 0 Å². The molecule has 0 aliphatic rings. The van der Waals surface area contributed by atoms with Crippen LogP contribution in [0.15, 0.2) is 109 Å². The molecule has 2 amide bonds. The van der Waals surface area contributed by atoms with Crippen LogP contribution in [0.3, 0.4) is 0 Å². The van der Waals surface area contributed by atoms with Gasteiger partial charge in [0.25, 0.3) is 11.8 Å². The Hall–Kier alpha value is -4.18. The maximum Gasteiger partial charge on any atom is 0.257 e. The predicted molar refractivity (Wildman–Crippen MR) is 121 cm³/mol. The van der Waals surface area contributed by atoms with Crippen LogP contribution in [0.25, 0.3) is 11.1 Å². The molecule has 0 spiro atoms. The van der Waals surface area contributed by atoms with E-state index in [9.17, 15) is 9.59 Å². The number of para-hydroxylation sites is 2. The van der Waals surface area contributed by atoms with Gasteiger partial charge >= 0.3 is 0 Å². The van der Waals surface area contributed by atoms with Crippen LogP contribution < -0.4 is 10.6 Å². The Labute approximate surface area is 175 Å². The van der Waals surface area contributed by atoms with Gasteiger partial charge in [-0.05, 0) is 47.5 Å². The van der Waals surface area contributed by atoms with Gasteiger partial charge in [0.05, 0.1) is 11.3 Å². The highest BCUT2D eigenvalue weighted by molar-refractivity contribution is 6.12. The van der Waals surface area contributed by atoms with Crippen molar-refractivity contribution in [2.45, 2.75) is 0 Å². The van der Waals surface area contributed by atoms with Gasteiger partial charge in [-0.15, -0.1) is 0 Å². The fourth-order valence-electron chi connectivity index (χ4n) is 3.15. The quantitative estimate of drug-likeness (QED) is 0.447. The molecule has 0 radical (unpaired) electrons. The Kier molecular flexibility index (Phi) is 5.67. The largest absolute Gasteiger partial charge is 0.322 e. The average molecular weight is 392 g/mol. The number of carbonyl (C=O) groups is 2. The van der Waals surface area contributed by atoms with Crippen molar-refractivity contribution in [3.8, 4) is 11.1 Å². The van der Waals surface area contributed by atoms with Gasteiger partial charge in [0.2, 0.25) is 0 Å². The van der Waals surface area contributed by atoms with Crippen molar-refractivity contribution in [1.29, 1.82) is 0 Å². The minimum absolute atomic E-state index is 0.269. The fraction of sp³-hybridized carbons (Fsp3) is 0. The SMILES string of the molecule is O=C(Nc1ccccc1C(=O)Nc1ccccc1)c1ccc(-c2ccccc2)cc1. The van der Waals surface area contributed by atoms with Gasteiger partial charge in [0.15, 0.2) is 0 Å². The minimum atomic E-state index is -0.281. The van der Waals surface area contributed by atoms with Gasteiger partial charge in [-0.25, -0.2) is 0 Å². The Morgan fingerprint density at radius 1 is 0.500 bits per heavy atom. The molecular weight excluding hydrogens is 372 g/mol. The highest BCUT2D eigenvalue weighted by Crippen LogP contribution is 2.21. The first-order valence-electron chi connectivity index (χ1n) is 9.63. The number of anilines is 2. The molecule has 0 heterocycles. The predicted octanol–water partition coefficient (Wildman–Crippen LogP) is 5.86. The molecule has 0 aliphatic heterocycles. The molecule has 0 fully saturated rings. The Bertz CT molecular complexity index is 1150. The van der Waals surface area contributed by atoms with Crippen molar-refractivity contribution in [1.82, 2.24) is 0 Å². The van der Waals surface area contributed by atoms with Crippen LogP contribution in [0.4, 0.5) is 11.4 Å². The molecule has 0 aromatic heterocycles. The van der Waals surface area contributed by atoms with E-state index in [1.54, 1.807) is 36.4 Å². The summed E-state index contributed by atoms with van der Waals surface area (Å²) < 4.78 is 0. The lowest BCUT2D eigenvalue weighted by atomic mass is 10.0. The van der Waals surface area contributed by atoms with Crippen LogP contribution >= 0.6 is 0 Å². The average Bonchev–Trinajstić information content (AvgIpc) is 2.81. The molecule has 0 bridgehead atoms. The topological polar surface area (TPSA) is 58.2 Å². The molecule has 4 aromatic carbocycles. The standard InChI is InChI=1S/C26H20N2O2/c29-25(21-17-15-20(16-18-21)19-9-3-1-4-10-19)28-24-14-8-7-13-23(24)26(30)27-22-11-5-2-6-12-22/h1-18H,(H,27,30)(H,28,29). The molecule has 4 nitrogen and oxygen atoms in total. The third-order valence-corrected chi connectivity index (χ3v) is 4.71. The van der Waals surface area contributed by atoms with Gasteiger partial charge in [-0.1, -0.05) is 72.8 Å². The van der Waals surface area contributed by atoms with E-state index in [1.165, 1.54) is 0 Å². The first-order chi connectivity index (χ1) is 14.7. The minimum Gasteiger partial charge on any atom is -0.322 e. The molecule has 0 saturated heterocycles. The Morgan fingerprint density at radius 2 is 1.07 bits per heavy atom. The molecule has 0 atom stereocenters. The number of hydrogen-bond donors (Lipinski definition) is 2. The van der Waals surface area contributed by atoms with Crippen molar-refractivity contribution in [2.75, 3.05) is 10.6 Å². The number of nitrogens with one attached hydrogen (secondary N) is 2. The second kappa shape index (κ2) is 8.88. The third kappa shape index (κ3) is 4.45. The molecule has 4 heteroatoms. The van der Waals surface area contributed by atoms with Gasteiger partial charge in [-0.3, -0.25) is 9.59 Å². The summed E-state index contributed by atoms with van der Waals surface area (Å²) in [5.41, 5.74) is 4.20. The summed E-state index contributed by atoms with van der Waals surface area (Å²) in [6, 6.07) is 33.5. The molecule has 0 unspecified atom stereocenters. The van der Waals surface area contributed by atoms with Crippen molar-refractivity contribution in [3.63, 3.8) is 0 Å². The molecule has 30 heavy (non-hydrogen) atoms. The molecule has 4 aromatic rings. The second-order valence-electron chi connectivity index (χ2n) is 6.76. The highest BCUT2D eigenvalue weighted by Gasteiger charge is 2.14. The molecular formula is C26H20N2O2. The van der Waals surface area contributed by atoms with Gasteiger partial charge in [0, 0.05) is 11.3 Å². The lowest BCUT2D eigenvalue weighted by molar-refractivity contribution is 0.102. The monoisotopic (exact) mass is 392 g/mol. The molecule has 4 rings (SSSR count). The van der Waals surface area contributed by atoms with Crippen molar-refractivity contribution < 1.29 is 9.59 Å². The Balaban J connectivity index is 1.50. The number of carbonyl (C=O) groups excluding carboxylic acids is 2. The van der Waals surface area contributed by atoms with Crippen LogP contribution in [0.5, 0.6) is 0 Å². The second-order valence-corrected chi connectivity index (χ2v) is 6.76. The van der Waals surface area contributed by atoms with Crippen LogP contribution in [0.1, 0.15) is 20.7 Å². The van der Waals surface area contributed by atoms with Gasteiger partial charge < -0.3 is 10.6 Å². The number of hydrogen-bond acceptors (Lipinski definition) is 2. The molecule has 2 N–H and O–H groups in total. The maximum atomic E-state index is 12.8. The molecule has 146 valence electrons. The number of rotatable bonds is 5. The van der Waals surface area contributed by atoms with Gasteiger partial charge in [-0.2, -0.15) is 0 Å². The number of amides is 2. The van der Waals surface area contributed by atoms with E-state index in [4.69, 9.17) is 0 Å². The zero-order valence-electron chi connectivity index (χ0n) is 16.2. The van der Waals surface area contributed by atoms with Gasteiger partial charge in [0.1, 0.15) is 0 Å². The Morgan fingerprint density at radius 3 is 1.77 bits per heavy atom. The lowest BCUT2D eigenvalue weighted by Gasteiger charge is -2.12. The van der Waals surface area contributed by atoms with E-state index in [2.05, 4.69) is 10.6 Å². The first-order valence-corrected chi connectivity index (χ1v) is 9.63.